The normalized spacial score (nSPS) is 16.9. The van der Waals surface area contributed by atoms with Crippen molar-refractivity contribution in [1.82, 2.24) is 5.32 Å². The second kappa shape index (κ2) is 8.18. The lowest BCUT2D eigenvalue weighted by molar-refractivity contribution is -0.119. The van der Waals surface area contributed by atoms with Crippen molar-refractivity contribution < 1.29 is 4.79 Å². The van der Waals surface area contributed by atoms with Crippen LogP contribution in [0.25, 0.3) is 0 Å². The Balaban J connectivity index is 2.18. The Kier molecular flexibility index (Phi) is 6.78. The molecular formula is C14H21NOS. The highest BCUT2D eigenvalue weighted by molar-refractivity contribution is 8.03. The van der Waals surface area contributed by atoms with Gasteiger partial charge >= 0.3 is 0 Å². The van der Waals surface area contributed by atoms with E-state index in [1.807, 2.05) is 12.2 Å². The first-order valence-electron chi connectivity index (χ1n) is 6.12. The lowest BCUT2D eigenvalue weighted by atomic mass is 9.95. The minimum absolute atomic E-state index is 0.120. The lowest BCUT2D eigenvalue weighted by Gasteiger charge is -2.22. The molecule has 3 heteroatoms. The van der Waals surface area contributed by atoms with E-state index < -0.39 is 0 Å². The van der Waals surface area contributed by atoms with Crippen LogP contribution in [0.15, 0.2) is 36.3 Å². The number of rotatable bonds is 6. The zero-order valence-electron chi connectivity index (χ0n) is 10.3. The van der Waals surface area contributed by atoms with Gasteiger partial charge in [-0.2, -0.15) is 0 Å². The van der Waals surface area contributed by atoms with Crippen molar-refractivity contribution in [2.45, 2.75) is 38.1 Å². The van der Waals surface area contributed by atoms with Gasteiger partial charge in [0.15, 0.2) is 0 Å². The van der Waals surface area contributed by atoms with E-state index in [9.17, 15) is 4.79 Å². The molecule has 17 heavy (non-hydrogen) atoms. The minimum Gasteiger partial charge on any atom is -0.353 e. The van der Waals surface area contributed by atoms with Crippen LogP contribution in [0.5, 0.6) is 0 Å². The number of carbonyl (C=O) groups is 1. The van der Waals surface area contributed by atoms with Crippen LogP contribution < -0.4 is 5.32 Å². The molecule has 1 aliphatic carbocycles. The summed E-state index contributed by atoms with van der Waals surface area (Å²) in [5.74, 6) is 0.576. The number of nitrogens with one attached hydrogen (secondary N) is 1. The smallest absolute Gasteiger partial charge is 0.230 e. The number of hydrogen-bond acceptors (Lipinski definition) is 2. The van der Waals surface area contributed by atoms with Gasteiger partial charge in [-0.25, -0.2) is 0 Å². The average molecular weight is 251 g/mol. The van der Waals surface area contributed by atoms with Gasteiger partial charge in [0.1, 0.15) is 0 Å². The fourth-order valence-electron chi connectivity index (χ4n) is 1.90. The number of thioether (sulfide) groups is 1. The zero-order chi connectivity index (χ0) is 12.5. The van der Waals surface area contributed by atoms with Gasteiger partial charge in [-0.15, -0.1) is 11.8 Å². The highest BCUT2D eigenvalue weighted by atomic mass is 32.2. The maximum Gasteiger partial charge on any atom is 0.230 e. The van der Waals surface area contributed by atoms with Crippen molar-refractivity contribution in [3.63, 3.8) is 0 Å². The molecule has 0 aromatic carbocycles. The Morgan fingerprint density at radius 1 is 1.35 bits per heavy atom. The summed E-state index contributed by atoms with van der Waals surface area (Å²) in [6, 6.07) is 0.397. The van der Waals surface area contributed by atoms with Crippen molar-refractivity contribution in [3.8, 4) is 0 Å². The zero-order valence-corrected chi connectivity index (χ0v) is 11.1. The standard InChI is InChI=1S/C14H21NOS/c1-3-4-8-12(2)17-11-14(16)15-13-9-6-5-7-10-13/h3-4,8,13H,1-2,5-7,9-11H2,(H,15,16)/b8-4-. The third kappa shape index (κ3) is 6.37. The first-order valence-corrected chi connectivity index (χ1v) is 7.11. The Hall–Kier alpha value is -0.960. The molecule has 0 atom stereocenters. The Labute approximate surface area is 108 Å². The summed E-state index contributed by atoms with van der Waals surface area (Å²) < 4.78 is 0. The first-order chi connectivity index (χ1) is 8.22. The molecule has 0 aromatic rings. The van der Waals surface area contributed by atoms with Crippen LogP contribution in [-0.4, -0.2) is 17.7 Å². The topological polar surface area (TPSA) is 29.1 Å². The molecule has 0 bridgehead atoms. The molecule has 0 spiro atoms. The van der Waals surface area contributed by atoms with E-state index in [-0.39, 0.29) is 5.91 Å². The van der Waals surface area contributed by atoms with E-state index in [0.29, 0.717) is 11.8 Å². The van der Waals surface area contributed by atoms with Crippen molar-refractivity contribution in [2.75, 3.05) is 5.75 Å². The Morgan fingerprint density at radius 2 is 2.06 bits per heavy atom. The van der Waals surface area contributed by atoms with E-state index in [2.05, 4.69) is 18.5 Å². The third-order valence-corrected chi connectivity index (χ3v) is 3.69. The van der Waals surface area contributed by atoms with E-state index >= 15 is 0 Å². The van der Waals surface area contributed by atoms with Crippen molar-refractivity contribution in [1.29, 1.82) is 0 Å². The third-order valence-electron chi connectivity index (χ3n) is 2.78. The van der Waals surface area contributed by atoms with Crippen molar-refractivity contribution in [3.05, 3.63) is 36.3 Å². The van der Waals surface area contributed by atoms with E-state index in [0.717, 1.165) is 17.7 Å². The minimum atomic E-state index is 0.120. The van der Waals surface area contributed by atoms with Gasteiger partial charge in [0.05, 0.1) is 5.75 Å². The second-order valence-corrected chi connectivity index (χ2v) is 5.35. The van der Waals surface area contributed by atoms with Crippen LogP contribution in [0.4, 0.5) is 0 Å². The van der Waals surface area contributed by atoms with E-state index in [1.165, 1.54) is 31.0 Å². The summed E-state index contributed by atoms with van der Waals surface area (Å²) in [5, 5.41) is 3.09. The van der Waals surface area contributed by atoms with Crippen molar-refractivity contribution in [2.24, 2.45) is 0 Å². The average Bonchev–Trinajstić information content (AvgIpc) is 2.35. The van der Waals surface area contributed by atoms with Gasteiger partial charge in [0, 0.05) is 10.9 Å². The fourth-order valence-corrected chi connectivity index (χ4v) is 2.47. The molecule has 1 saturated carbocycles. The summed E-state index contributed by atoms with van der Waals surface area (Å²) in [6.45, 7) is 7.45. The van der Waals surface area contributed by atoms with Gasteiger partial charge in [-0.05, 0) is 18.9 Å². The molecule has 0 heterocycles. The van der Waals surface area contributed by atoms with Crippen LogP contribution in [0.3, 0.4) is 0 Å². The maximum atomic E-state index is 11.7. The van der Waals surface area contributed by atoms with Crippen molar-refractivity contribution >= 4 is 17.7 Å². The van der Waals surface area contributed by atoms with Crippen LogP contribution in [0.1, 0.15) is 32.1 Å². The molecule has 1 amide bonds. The number of hydrogen-bond donors (Lipinski definition) is 1. The van der Waals surface area contributed by atoms with Gasteiger partial charge < -0.3 is 5.32 Å². The molecule has 1 rings (SSSR count). The summed E-state index contributed by atoms with van der Waals surface area (Å²) in [7, 11) is 0. The quantitative estimate of drug-likeness (QED) is 0.733. The summed E-state index contributed by atoms with van der Waals surface area (Å²) in [4.78, 5) is 12.6. The summed E-state index contributed by atoms with van der Waals surface area (Å²) in [5.41, 5.74) is 0. The summed E-state index contributed by atoms with van der Waals surface area (Å²) in [6.07, 6.45) is 11.5. The molecule has 0 unspecified atom stereocenters. The second-order valence-electron chi connectivity index (χ2n) is 4.25. The van der Waals surface area contributed by atoms with Gasteiger partial charge in [0.25, 0.3) is 0 Å². The Bertz CT molecular complexity index is 303. The largest absolute Gasteiger partial charge is 0.353 e. The number of carbonyl (C=O) groups excluding carboxylic acids is 1. The first kappa shape index (κ1) is 14.1. The molecule has 0 radical (unpaired) electrons. The molecule has 0 aromatic heterocycles. The predicted octanol–water partition coefficient (Wildman–Crippen LogP) is 3.42. The van der Waals surface area contributed by atoms with Gasteiger partial charge in [-0.3, -0.25) is 4.79 Å². The lowest BCUT2D eigenvalue weighted by Crippen LogP contribution is -2.37. The number of allylic oxidation sites excluding steroid dienone is 3. The molecular weight excluding hydrogens is 230 g/mol. The number of amides is 1. The highest BCUT2D eigenvalue weighted by Gasteiger charge is 2.15. The molecule has 94 valence electrons. The maximum absolute atomic E-state index is 11.7. The van der Waals surface area contributed by atoms with Crippen LogP contribution in [0.2, 0.25) is 0 Å². The molecule has 0 saturated heterocycles. The SMILES string of the molecule is C=C/C=C\C(=C)SCC(=O)NC1CCCCC1. The summed E-state index contributed by atoms with van der Waals surface area (Å²) >= 11 is 1.47. The highest BCUT2D eigenvalue weighted by Crippen LogP contribution is 2.18. The monoisotopic (exact) mass is 251 g/mol. The van der Waals surface area contributed by atoms with Gasteiger partial charge in [0.2, 0.25) is 5.91 Å². The molecule has 1 aliphatic rings. The van der Waals surface area contributed by atoms with E-state index in [4.69, 9.17) is 0 Å². The van der Waals surface area contributed by atoms with Crippen LogP contribution in [-0.2, 0) is 4.79 Å². The Morgan fingerprint density at radius 3 is 2.71 bits per heavy atom. The molecule has 1 N–H and O–H groups in total. The molecule has 1 fully saturated rings. The fraction of sp³-hybridized carbons (Fsp3) is 0.500. The van der Waals surface area contributed by atoms with Gasteiger partial charge in [-0.1, -0.05) is 44.6 Å². The molecule has 2 nitrogen and oxygen atoms in total. The predicted molar refractivity (Wildman–Crippen MR) is 76.0 cm³/mol. The van der Waals surface area contributed by atoms with E-state index in [1.54, 1.807) is 6.08 Å². The van der Waals surface area contributed by atoms with Crippen LogP contribution >= 0.6 is 11.8 Å². The molecule has 0 aliphatic heterocycles. The van der Waals surface area contributed by atoms with Crippen LogP contribution in [0, 0.1) is 0 Å².